The number of primary sulfonamides is 1. The van der Waals surface area contributed by atoms with Gasteiger partial charge >= 0.3 is 6.18 Å². The van der Waals surface area contributed by atoms with Crippen LogP contribution in [0.2, 0.25) is 0 Å². The number of carbonyl (C=O) groups excluding carboxylic acids is 2. The molecule has 27 heavy (non-hydrogen) atoms. The second-order valence-corrected chi connectivity index (χ2v) is 7.49. The molecule has 0 aliphatic carbocycles. The molecule has 0 radical (unpaired) electrons. The van der Waals surface area contributed by atoms with E-state index in [0.717, 1.165) is 6.07 Å². The number of carbonyl (C=O) groups is 2. The van der Waals surface area contributed by atoms with Gasteiger partial charge in [-0.15, -0.1) is 0 Å². The molecule has 6 nitrogen and oxygen atoms in total. The number of nitrogens with zero attached hydrogens (tertiary/aromatic N) is 1. The van der Waals surface area contributed by atoms with E-state index in [0.29, 0.717) is 22.6 Å². The van der Waals surface area contributed by atoms with Crippen molar-refractivity contribution in [2.45, 2.75) is 23.4 Å². The third kappa shape index (κ3) is 3.58. The first-order valence-electron chi connectivity index (χ1n) is 7.66. The third-order valence-corrected chi connectivity index (χ3v) is 5.15. The summed E-state index contributed by atoms with van der Waals surface area (Å²) in [6.45, 7) is 0. The van der Waals surface area contributed by atoms with E-state index < -0.39 is 44.4 Å². The number of rotatable bonds is 3. The van der Waals surface area contributed by atoms with E-state index in [-0.39, 0.29) is 12.1 Å². The number of sulfonamides is 1. The van der Waals surface area contributed by atoms with E-state index in [1.54, 1.807) is 30.3 Å². The fourth-order valence-corrected chi connectivity index (χ4v) is 3.71. The highest BCUT2D eigenvalue weighted by Crippen LogP contribution is 2.39. The zero-order chi connectivity index (χ0) is 20.0. The Morgan fingerprint density at radius 1 is 1.04 bits per heavy atom. The summed E-state index contributed by atoms with van der Waals surface area (Å²) in [5.74, 6) is -2.17. The molecule has 10 heteroatoms. The number of hydrogen-bond donors (Lipinski definition) is 1. The number of amides is 2. The number of alkyl halides is 3. The van der Waals surface area contributed by atoms with Crippen molar-refractivity contribution in [3.8, 4) is 0 Å². The van der Waals surface area contributed by atoms with Gasteiger partial charge in [0.25, 0.3) is 0 Å². The molecule has 1 aliphatic heterocycles. The van der Waals surface area contributed by atoms with Gasteiger partial charge in [0, 0.05) is 6.42 Å². The molecule has 2 amide bonds. The van der Waals surface area contributed by atoms with Crippen molar-refractivity contribution in [1.29, 1.82) is 0 Å². The molecule has 0 saturated carbocycles. The standard InChI is InChI=1S/C17H13F3N2O4S/c18-17(19,20)13-8-11(6-7-14(13)27(21,25)26)22-15(23)9-12(16(22)24)10-4-2-1-3-5-10/h1-8,12H,9H2,(H2,21,25,26). The maximum absolute atomic E-state index is 13.3. The number of nitrogens with two attached hydrogens (primary N) is 1. The van der Waals surface area contributed by atoms with Crippen molar-refractivity contribution in [3.05, 3.63) is 59.7 Å². The minimum atomic E-state index is -5.04. The number of anilines is 1. The summed E-state index contributed by atoms with van der Waals surface area (Å²) in [7, 11) is -4.65. The summed E-state index contributed by atoms with van der Waals surface area (Å²) in [5, 5.41) is 4.84. The van der Waals surface area contributed by atoms with Crippen molar-refractivity contribution in [2.24, 2.45) is 5.14 Å². The lowest BCUT2D eigenvalue weighted by atomic mass is 9.98. The molecule has 0 aromatic heterocycles. The lowest BCUT2D eigenvalue weighted by molar-refractivity contribution is -0.140. The van der Waals surface area contributed by atoms with E-state index in [2.05, 4.69) is 0 Å². The van der Waals surface area contributed by atoms with Crippen LogP contribution in [-0.2, 0) is 25.8 Å². The molecular formula is C17H13F3N2O4S. The third-order valence-electron chi connectivity index (χ3n) is 4.18. The molecule has 1 aliphatic rings. The van der Waals surface area contributed by atoms with Crippen molar-refractivity contribution < 1.29 is 31.2 Å². The van der Waals surface area contributed by atoms with Crippen LogP contribution in [0.1, 0.15) is 23.5 Å². The molecule has 1 heterocycles. The summed E-state index contributed by atoms with van der Waals surface area (Å²) < 4.78 is 62.7. The minimum Gasteiger partial charge on any atom is -0.274 e. The zero-order valence-corrected chi connectivity index (χ0v) is 14.4. The summed E-state index contributed by atoms with van der Waals surface area (Å²) in [6.07, 6.45) is -5.23. The fourth-order valence-electron chi connectivity index (χ4n) is 2.98. The first-order valence-corrected chi connectivity index (χ1v) is 9.20. The smallest absolute Gasteiger partial charge is 0.274 e. The van der Waals surface area contributed by atoms with Gasteiger partial charge in [-0.3, -0.25) is 9.59 Å². The summed E-state index contributed by atoms with van der Waals surface area (Å²) >= 11 is 0. The van der Waals surface area contributed by atoms with Crippen LogP contribution in [0.25, 0.3) is 0 Å². The van der Waals surface area contributed by atoms with Crippen molar-refractivity contribution in [1.82, 2.24) is 0 Å². The van der Waals surface area contributed by atoms with Crippen LogP contribution in [0.15, 0.2) is 53.4 Å². The van der Waals surface area contributed by atoms with Crippen molar-refractivity contribution >= 4 is 27.5 Å². The summed E-state index contributed by atoms with van der Waals surface area (Å²) in [5.41, 5.74) is -1.33. The Kier molecular flexibility index (Phi) is 4.56. The Morgan fingerprint density at radius 2 is 1.67 bits per heavy atom. The lowest BCUT2D eigenvalue weighted by Crippen LogP contribution is -2.30. The predicted octanol–water partition coefficient (Wildman–Crippen LogP) is 2.40. The molecule has 0 spiro atoms. The van der Waals surface area contributed by atoms with Crippen LogP contribution in [0.5, 0.6) is 0 Å². The summed E-state index contributed by atoms with van der Waals surface area (Å²) in [6, 6.07) is 10.4. The molecule has 1 atom stereocenters. The predicted molar refractivity (Wildman–Crippen MR) is 89.1 cm³/mol. The van der Waals surface area contributed by atoms with Crippen molar-refractivity contribution in [3.63, 3.8) is 0 Å². The number of halogens is 3. The quantitative estimate of drug-likeness (QED) is 0.803. The SMILES string of the molecule is NS(=O)(=O)c1ccc(N2C(=O)CC(c3ccccc3)C2=O)cc1C(F)(F)F. The first-order chi connectivity index (χ1) is 12.5. The van der Waals surface area contributed by atoms with Gasteiger partial charge in [0.2, 0.25) is 21.8 Å². The number of hydrogen-bond acceptors (Lipinski definition) is 4. The van der Waals surface area contributed by atoms with E-state index in [1.807, 2.05) is 0 Å². The monoisotopic (exact) mass is 398 g/mol. The summed E-state index contributed by atoms with van der Waals surface area (Å²) in [4.78, 5) is 24.4. The number of imide groups is 1. The van der Waals surface area contributed by atoms with Crippen LogP contribution in [0, 0.1) is 0 Å². The average molecular weight is 398 g/mol. The Bertz CT molecular complexity index is 1020. The van der Waals surface area contributed by atoms with Gasteiger partial charge in [-0.05, 0) is 23.8 Å². The Labute approximate surface area is 152 Å². The molecule has 1 saturated heterocycles. The highest BCUT2D eigenvalue weighted by Gasteiger charge is 2.42. The molecule has 2 N–H and O–H groups in total. The highest BCUT2D eigenvalue weighted by atomic mass is 32.2. The largest absolute Gasteiger partial charge is 0.417 e. The van der Waals surface area contributed by atoms with Crippen molar-refractivity contribution in [2.75, 3.05) is 4.90 Å². The van der Waals surface area contributed by atoms with E-state index >= 15 is 0 Å². The van der Waals surface area contributed by atoms with E-state index in [4.69, 9.17) is 5.14 Å². The molecule has 142 valence electrons. The van der Waals surface area contributed by atoms with E-state index in [1.165, 1.54) is 0 Å². The van der Waals surface area contributed by atoms with Crippen LogP contribution < -0.4 is 10.0 Å². The maximum Gasteiger partial charge on any atom is 0.417 e. The molecule has 2 aromatic carbocycles. The van der Waals surface area contributed by atoms with Gasteiger partial charge in [0.05, 0.1) is 22.1 Å². The van der Waals surface area contributed by atoms with Crippen LogP contribution in [0.4, 0.5) is 18.9 Å². The lowest BCUT2D eigenvalue weighted by Gasteiger charge is -2.18. The first kappa shape index (κ1) is 19.1. The Hall–Kier alpha value is -2.72. The highest BCUT2D eigenvalue weighted by molar-refractivity contribution is 7.89. The average Bonchev–Trinajstić information content (AvgIpc) is 2.88. The Balaban J connectivity index is 2.06. The van der Waals surface area contributed by atoms with Gasteiger partial charge in [-0.25, -0.2) is 18.5 Å². The van der Waals surface area contributed by atoms with Crippen LogP contribution >= 0.6 is 0 Å². The van der Waals surface area contributed by atoms with Gasteiger partial charge < -0.3 is 0 Å². The van der Waals surface area contributed by atoms with Crippen LogP contribution in [-0.4, -0.2) is 20.2 Å². The molecule has 3 rings (SSSR count). The second-order valence-electron chi connectivity index (χ2n) is 5.96. The van der Waals surface area contributed by atoms with E-state index in [9.17, 15) is 31.2 Å². The molecule has 1 unspecified atom stereocenters. The molecule has 0 bridgehead atoms. The molecule has 2 aromatic rings. The van der Waals surface area contributed by atoms with Gasteiger partial charge in [0.15, 0.2) is 0 Å². The topological polar surface area (TPSA) is 97.5 Å². The minimum absolute atomic E-state index is 0.193. The molecule has 1 fully saturated rings. The van der Waals surface area contributed by atoms with Gasteiger partial charge in [0.1, 0.15) is 0 Å². The zero-order valence-electron chi connectivity index (χ0n) is 13.6. The number of benzene rings is 2. The fraction of sp³-hybridized carbons (Fsp3) is 0.176. The normalized spacial score (nSPS) is 18.2. The Morgan fingerprint density at radius 3 is 2.22 bits per heavy atom. The van der Waals surface area contributed by atoms with Gasteiger partial charge in [-0.2, -0.15) is 13.2 Å². The second kappa shape index (κ2) is 6.46. The van der Waals surface area contributed by atoms with Crippen LogP contribution in [0.3, 0.4) is 0 Å². The maximum atomic E-state index is 13.3. The van der Waals surface area contributed by atoms with Gasteiger partial charge in [-0.1, -0.05) is 30.3 Å². The molecular weight excluding hydrogens is 385 g/mol.